The van der Waals surface area contributed by atoms with Crippen molar-refractivity contribution in [3.63, 3.8) is 0 Å². The number of carbonyl (C=O) groups excluding carboxylic acids is 1. The molecule has 1 aromatic carbocycles. The monoisotopic (exact) mass is 224 g/mol. The van der Waals surface area contributed by atoms with Gasteiger partial charge < -0.3 is 9.47 Å². The predicted octanol–water partition coefficient (Wildman–Crippen LogP) is 3.21. The summed E-state index contributed by atoms with van der Waals surface area (Å²) < 4.78 is 9.98. The Morgan fingerprint density at radius 1 is 1.31 bits per heavy atom. The lowest BCUT2D eigenvalue weighted by Crippen LogP contribution is -2.06. The van der Waals surface area contributed by atoms with Crippen molar-refractivity contribution in [2.75, 3.05) is 13.7 Å². The lowest BCUT2D eigenvalue weighted by atomic mass is 10.1. The molecule has 3 heteroatoms. The van der Waals surface area contributed by atoms with Crippen molar-refractivity contribution in [2.24, 2.45) is 0 Å². The maximum Gasteiger partial charge on any atom is 0.341 e. The van der Waals surface area contributed by atoms with Crippen molar-refractivity contribution in [1.29, 1.82) is 0 Å². The van der Waals surface area contributed by atoms with Gasteiger partial charge in [0.2, 0.25) is 0 Å². The summed E-state index contributed by atoms with van der Waals surface area (Å²) in [6, 6.07) is 5.38. The molecule has 0 aliphatic heterocycles. The first kappa shape index (κ1) is 14.5. The van der Waals surface area contributed by atoms with Gasteiger partial charge in [-0.15, -0.1) is 0 Å². The molecule has 16 heavy (non-hydrogen) atoms. The molecular formula is C13H20O3. The molecule has 0 aromatic heterocycles. The Morgan fingerprint density at radius 3 is 2.44 bits per heavy atom. The summed E-state index contributed by atoms with van der Waals surface area (Å²) >= 11 is 0. The van der Waals surface area contributed by atoms with Crippen LogP contribution < -0.4 is 4.74 Å². The van der Waals surface area contributed by atoms with Gasteiger partial charge in [0, 0.05) is 0 Å². The molecule has 0 saturated heterocycles. The van der Waals surface area contributed by atoms with Gasteiger partial charge in [0.05, 0.1) is 13.7 Å². The molecule has 0 aliphatic carbocycles. The number of esters is 1. The Morgan fingerprint density at radius 2 is 1.94 bits per heavy atom. The van der Waals surface area contributed by atoms with Crippen molar-refractivity contribution < 1.29 is 14.3 Å². The van der Waals surface area contributed by atoms with Gasteiger partial charge in [0.1, 0.15) is 11.3 Å². The van der Waals surface area contributed by atoms with E-state index in [0.717, 1.165) is 5.56 Å². The predicted molar refractivity (Wildman–Crippen MR) is 65.0 cm³/mol. The van der Waals surface area contributed by atoms with Gasteiger partial charge in [-0.1, -0.05) is 19.9 Å². The highest BCUT2D eigenvalue weighted by atomic mass is 16.5. The molecule has 3 nitrogen and oxygen atoms in total. The Kier molecular flexibility index (Phi) is 7.01. The number of ether oxygens (including phenoxy) is 2. The molecule has 0 N–H and O–H groups in total. The van der Waals surface area contributed by atoms with E-state index >= 15 is 0 Å². The Balaban J connectivity index is 0.00000106. The molecule has 90 valence electrons. The molecule has 0 unspecified atom stereocenters. The van der Waals surface area contributed by atoms with Crippen LogP contribution in [0.1, 0.15) is 36.7 Å². The number of methoxy groups -OCH3 is 1. The number of hydrogen-bond donors (Lipinski definition) is 0. The first-order valence-electron chi connectivity index (χ1n) is 5.50. The molecule has 0 saturated carbocycles. The zero-order chi connectivity index (χ0) is 12.6. The molecular weight excluding hydrogens is 204 g/mol. The minimum atomic E-state index is -0.343. The van der Waals surface area contributed by atoms with Crippen molar-refractivity contribution in [3.8, 4) is 5.75 Å². The van der Waals surface area contributed by atoms with Crippen LogP contribution in [-0.2, 0) is 4.74 Å². The summed E-state index contributed by atoms with van der Waals surface area (Å²) in [6.45, 7) is 8.09. The van der Waals surface area contributed by atoms with Crippen LogP contribution in [-0.4, -0.2) is 19.7 Å². The Hall–Kier alpha value is -1.51. The fourth-order valence-electron chi connectivity index (χ4n) is 1.18. The van der Waals surface area contributed by atoms with E-state index in [9.17, 15) is 4.79 Å². The smallest absolute Gasteiger partial charge is 0.341 e. The summed E-state index contributed by atoms with van der Waals surface area (Å²) in [4.78, 5) is 11.4. The van der Waals surface area contributed by atoms with E-state index in [-0.39, 0.29) is 5.97 Å². The number of benzene rings is 1. The van der Waals surface area contributed by atoms with Crippen LogP contribution in [0.4, 0.5) is 0 Å². The van der Waals surface area contributed by atoms with E-state index in [4.69, 9.17) is 9.47 Å². The zero-order valence-corrected chi connectivity index (χ0v) is 10.7. The SMILES string of the molecule is CC.CCOC(=O)c1ccc(C)cc1OC. The summed E-state index contributed by atoms with van der Waals surface area (Å²) in [5.74, 6) is 0.216. The third-order valence-electron chi connectivity index (χ3n) is 1.85. The van der Waals surface area contributed by atoms with E-state index in [2.05, 4.69) is 0 Å². The molecule has 1 rings (SSSR count). The van der Waals surface area contributed by atoms with Crippen LogP contribution in [0.15, 0.2) is 18.2 Å². The molecule has 0 spiro atoms. The average molecular weight is 224 g/mol. The van der Waals surface area contributed by atoms with Crippen molar-refractivity contribution in [1.82, 2.24) is 0 Å². The van der Waals surface area contributed by atoms with Crippen molar-refractivity contribution in [3.05, 3.63) is 29.3 Å². The van der Waals surface area contributed by atoms with Gasteiger partial charge in [0.25, 0.3) is 0 Å². The second kappa shape index (κ2) is 7.74. The van der Waals surface area contributed by atoms with Gasteiger partial charge in [-0.05, 0) is 31.5 Å². The maximum absolute atomic E-state index is 11.4. The molecule has 0 atom stereocenters. The second-order valence-corrected chi connectivity index (χ2v) is 2.92. The highest BCUT2D eigenvalue weighted by Crippen LogP contribution is 2.20. The first-order chi connectivity index (χ1) is 7.69. The fourth-order valence-corrected chi connectivity index (χ4v) is 1.18. The molecule has 0 amide bonds. The first-order valence-corrected chi connectivity index (χ1v) is 5.50. The summed E-state index contributed by atoms with van der Waals surface area (Å²) in [5.41, 5.74) is 1.52. The molecule has 0 fully saturated rings. The van der Waals surface area contributed by atoms with Crippen LogP contribution in [0.3, 0.4) is 0 Å². The van der Waals surface area contributed by atoms with Crippen LogP contribution in [0, 0.1) is 6.92 Å². The fraction of sp³-hybridized carbons (Fsp3) is 0.462. The van der Waals surface area contributed by atoms with Crippen LogP contribution in [0.5, 0.6) is 5.75 Å². The zero-order valence-electron chi connectivity index (χ0n) is 10.7. The summed E-state index contributed by atoms with van der Waals surface area (Å²) in [7, 11) is 1.54. The highest BCUT2D eigenvalue weighted by molar-refractivity contribution is 5.92. The number of carbonyl (C=O) groups is 1. The van der Waals surface area contributed by atoms with E-state index < -0.39 is 0 Å². The average Bonchev–Trinajstić information content (AvgIpc) is 2.31. The summed E-state index contributed by atoms with van der Waals surface area (Å²) in [6.07, 6.45) is 0. The van der Waals surface area contributed by atoms with Crippen LogP contribution in [0.25, 0.3) is 0 Å². The van der Waals surface area contributed by atoms with Gasteiger partial charge in [-0.2, -0.15) is 0 Å². The quantitative estimate of drug-likeness (QED) is 0.739. The largest absolute Gasteiger partial charge is 0.496 e. The standard InChI is InChI=1S/C11H14O3.C2H6/c1-4-14-11(12)9-6-5-8(2)7-10(9)13-3;1-2/h5-7H,4H2,1-3H3;1-2H3. The van der Waals surface area contributed by atoms with Crippen molar-refractivity contribution in [2.45, 2.75) is 27.7 Å². The van der Waals surface area contributed by atoms with Crippen LogP contribution >= 0.6 is 0 Å². The molecule has 1 aromatic rings. The molecule has 0 heterocycles. The third kappa shape index (κ3) is 3.93. The number of rotatable bonds is 3. The van der Waals surface area contributed by atoms with Crippen LogP contribution in [0.2, 0.25) is 0 Å². The number of hydrogen-bond acceptors (Lipinski definition) is 3. The van der Waals surface area contributed by atoms with E-state index in [1.165, 1.54) is 7.11 Å². The third-order valence-corrected chi connectivity index (χ3v) is 1.85. The topological polar surface area (TPSA) is 35.5 Å². The normalized spacial score (nSPS) is 8.81. The molecule has 0 bridgehead atoms. The molecule has 0 aliphatic rings. The molecule has 0 radical (unpaired) electrons. The van der Waals surface area contributed by atoms with Gasteiger partial charge in [0.15, 0.2) is 0 Å². The van der Waals surface area contributed by atoms with Gasteiger partial charge >= 0.3 is 5.97 Å². The maximum atomic E-state index is 11.4. The van der Waals surface area contributed by atoms with E-state index in [1.54, 1.807) is 13.0 Å². The van der Waals surface area contributed by atoms with E-state index in [1.807, 2.05) is 32.9 Å². The highest BCUT2D eigenvalue weighted by Gasteiger charge is 2.12. The second-order valence-electron chi connectivity index (χ2n) is 2.92. The minimum absolute atomic E-state index is 0.343. The lowest BCUT2D eigenvalue weighted by molar-refractivity contribution is 0.0522. The van der Waals surface area contributed by atoms with Crippen molar-refractivity contribution >= 4 is 5.97 Å². The lowest BCUT2D eigenvalue weighted by Gasteiger charge is -2.08. The number of aryl methyl sites for hydroxylation is 1. The van der Waals surface area contributed by atoms with Gasteiger partial charge in [-0.25, -0.2) is 4.79 Å². The minimum Gasteiger partial charge on any atom is -0.496 e. The Labute approximate surface area is 97.4 Å². The Bertz CT molecular complexity index is 332. The van der Waals surface area contributed by atoms with Gasteiger partial charge in [-0.3, -0.25) is 0 Å². The summed E-state index contributed by atoms with van der Waals surface area (Å²) in [5, 5.41) is 0. The van der Waals surface area contributed by atoms with E-state index in [0.29, 0.717) is 17.9 Å².